The number of fused-ring (bicyclic) bond motifs is 5. The van der Waals surface area contributed by atoms with Crippen molar-refractivity contribution >= 4 is 34.5 Å². The fourth-order valence-electron chi connectivity index (χ4n) is 3.79. The number of benzene rings is 2. The summed E-state index contributed by atoms with van der Waals surface area (Å²) in [5.41, 5.74) is 2.42. The lowest BCUT2D eigenvalue weighted by Gasteiger charge is -2.25. The third kappa shape index (κ3) is 2.31. The predicted molar refractivity (Wildman–Crippen MR) is 102 cm³/mol. The summed E-state index contributed by atoms with van der Waals surface area (Å²) < 4.78 is 1.74. The average molecular weight is 374 g/mol. The van der Waals surface area contributed by atoms with Crippen molar-refractivity contribution in [1.29, 1.82) is 0 Å². The zero-order valence-electron chi connectivity index (χ0n) is 14.5. The van der Waals surface area contributed by atoms with E-state index in [-0.39, 0.29) is 23.5 Å². The van der Waals surface area contributed by atoms with Crippen LogP contribution >= 0.6 is 0 Å². The van der Waals surface area contributed by atoms with Crippen LogP contribution in [0.2, 0.25) is 0 Å². The first-order valence-corrected chi connectivity index (χ1v) is 8.69. The van der Waals surface area contributed by atoms with Gasteiger partial charge in [-0.3, -0.25) is 19.0 Å². The Balaban J connectivity index is 1.78. The molecule has 0 fully saturated rings. The maximum absolute atomic E-state index is 12.9. The second-order valence-electron chi connectivity index (χ2n) is 6.71. The number of carboxylic acid groups (broad SMARTS) is 1. The van der Waals surface area contributed by atoms with Crippen LogP contribution in [0, 0.1) is 0 Å². The monoisotopic (exact) mass is 374 g/mol. The van der Waals surface area contributed by atoms with Crippen molar-refractivity contribution < 1.29 is 14.7 Å². The van der Waals surface area contributed by atoms with Gasteiger partial charge in [0.25, 0.3) is 5.56 Å². The second kappa shape index (κ2) is 5.78. The maximum Gasteiger partial charge on any atom is 0.335 e. The smallest absolute Gasteiger partial charge is 0.335 e. The molecular weight excluding hydrogens is 360 g/mol. The Labute approximate surface area is 157 Å². The summed E-state index contributed by atoms with van der Waals surface area (Å²) in [6.07, 6.45) is 0.0979. The van der Waals surface area contributed by atoms with Gasteiger partial charge in [-0.05, 0) is 29.8 Å². The minimum atomic E-state index is -1.03. The number of anilines is 1. The van der Waals surface area contributed by atoms with Gasteiger partial charge in [0.2, 0.25) is 11.7 Å². The minimum Gasteiger partial charge on any atom is -0.478 e. The van der Waals surface area contributed by atoms with E-state index in [0.717, 1.165) is 5.52 Å². The van der Waals surface area contributed by atoms with Gasteiger partial charge in [0.05, 0.1) is 22.2 Å². The highest BCUT2D eigenvalue weighted by atomic mass is 16.4. The van der Waals surface area contributed by atoms with Crippen LogP contribution in [-0.4, -0.2) is 31.4 Å². The fraction of sp³-hybridized carbons (Fsp3) is 0.100. The fourth-order valence-corrected chi connectivity index (χ4v) is 3.79. The number of aromatic amines is 1. The number of amides is 1. The van der Waals surface area contributed by atoms with E-state index in [1.54, 1.807) is 16.5 Å². The third-order valence-electron chi connectivity index (χ3n) is 5.07. The molecule has 138 valence electrons. The lowest BCUT2D eigenvalue weighted by molar-refractivity contribution is -0.116. The Morgan fingerprint density at radius 2 is 1.86 bits per heavy atom. The molecule has 0 spiro atoms. The average Bonchev–Trinajstić information content (AvgIpc) is 3.05. The summed E-state index contributed by atoms with van der Waals surface area (Å²) in [4.78, 5) is 43.6. The zero-order chi connectivity index (χ0) is 19.4. The number of para-hydroxylation sites is 2. The summed E-state index contributed by atoms with van der Waals surface area (Å²) >= 11 is 0. The maximum atomic E-state index is 12.9. The summed E-state index contributed by atoms with van der Waals surface area (Å²) in [6.45, 7) is 0. The van der Waals surface area contributed by atoms with Gasteiger partial charge in [-0.1, -0.05) is 24.3 Å². The second-order valence-corrected chi connectivity index (χ2v) is 6.71. The van der Waals surface area contributed by atoms with Crippen molar-refractivity contribution in [2.45, 2.75) is 12.3 Å². The first-order chi connectivity index (χ1) is 13.5. The number of hydrogen-bond donors (Lipinski definition) is 3. The molecule has 3 N–H and O–H groups in total. The van der Waals surface area contributed by atoms with Gasteiger partial charge in [0.1, 0.15) is 5.82 Å². The van der Waals surface area contributed by atoms with Crippen molar-refractivity contribution in [3.63, 3.8) is 0 Å². The standard InChI is InChI=1S/C20H14N4O4/c25-15-9-12(10-5-7-11(8-6-10)19(27)28)16-17(22-15)24-14-4-2-1-3-13(14)21-20(24)23-18(16)26/h1-8,12H,9H2,(H,22,25)(H,27,28)(H,21,23,26). The van der Waals surface area contributed by atoms with Gasteiger partial charge >= 0.3 is 5.97 Å². The molecule has 2 aromatic carbocycles. The predicted octanol–water partition coefficient (Wildman–Crippen LogP) is 2.35. The van der Waals surface area contributed by atoms with Crippen molar-refractivity contribution in [3.05, 3.63) is 75.6 Å². The summed E-state index contributed by atoms with van der Waals surface area (Å²) in [5.74, 6) is -0.980. The molecule has 1 amide bonds. The van der Waals surface area contributed by atoms with E-state index in [9.17, 15) is 14.4 Å². The van der Waals surface area contributed by atoms with E-state index in [1.807, 2.05) is 24.3 Å². The molecule has 3 heterocycles. The number of aromatic carboxylic acids is 1. The van der Waals surface area contributed by atoms with E-state index in [2.05, 4.69) is 15.3 Å². The first kappa shape index (κ1) is 16.2. The molecule has 8 heteroatoms. The molecule has 0 saturated heterocycles. The molecule has 2 aromatic heterocycles. The molecular formula is C20H14N4O4. The Hall–Kier alpha value is -3.94. The number of rotatable bonds is 2. The molecule has 8 nitrogen and oxygen atoms in total. The summed E-state index contributed by atoms with van der Waals surface area (Å²) in [7, 11) is 0. The molecule has 0 bridgehead atoms. The van der Waals surface area contributed by atoms with Crippen LogP contribution in [0.1, 0.15) is 33.8 Å². The normalized spacial score (nSPS) is 16.1. The molecule has 28 heavy (non-hydrogen) atoms. The van der Waals surface area contributed by atoms with Crippen LogP contribution in [0.3, 0.4) is 0 Å². The van der Waals surface area contributed by atoms with Gasteiger partial charge in [0, 0.05) is 12.3 Å². The topological polar surface area (TPSA) is 117 Å². The van der Waals surface area contributed by atoms with Crippen molar-refractivity contribution in [1.82, 2.24) is 14.4 Å². The number of carbonyl (C=O) groups is 2. The highest BCUT2D eigenvalue weighted by molar-refractivity contribution is 5.96. The van der Waals surface area contributed by atoms with Gasteiger partial charge in [-0.25, -0.2) is 9.78 Å². The quantitative estimate of drug-likeness (QED) is 0.498. The summed E-state index contributed by atoms with van der Waals surface area (Å²) in [5, 5.41) is 11.9. The van der Waals surface area contributed by atoms with Crippen molar-refractivity contribution in [3.8, 4) is 0 Å². The van der Waals surface area contributed by atoms with Gasteiger partial charge in [-0.15, -0.1) is 0 Å². The molecule has 1 atom stereocenters. The first-order valence-electron chi connectivity index (χ1n) is 8.69. The van der Waals surface area contributed by atoms with E-state index in [1.165, 1.54) is 12.1 Å². The van der Waals surface area contributed by atoms with Crippen molar-refractivity contribution in [2.75, 3.05) is 5.32 Å². The number of imidazole rings is 1. The van der Waals surface area contributed by atoms with Crippen molar-refractivity contribution in [2.24, 2.45) is 0 Å². The number of H-pyrrole nitrogens is 1. The van der Waals surface area contributed by atoms with E-state index in [0.29, 0.717) is 28.2 Å². The number of carboxylic acids is 1. The van der Waals surface area contributed by atoms with Crippen LogP contribution in [0.4, 0.5) is 5.82 Å². The van der Waals surface area contributed by atoms with Gasteiger partial charge in [-0.2, -0.15) is 0 Å². The molecule has 1 unspecified atom stereocenters. The lowest BCUT2D eigenvalue weighted by atomic mass is 9.86. The lowest BCUT2D eigenvalue weighted by Crippen LogP contribution is -2.32. The van der Waals surface area contributed by atoms with Crippen LogP contribution in [0.5, 0.6) is 0 Å². The van der Waals surface area contributed by atoms with E-state index < -0.39 is 11.9 Å². The number of aromatic nitrogens is 3. The van der Waals surface area contributed by atoms with Crippen LogP contribution in [0.15, 0.2) is 53.3 Å². The van der Waals surface area contributed by atoms with E-state index >= 15 is 0 Å². The highest BCUT2D eigenvalue weighted by Gasteiger charge is 2.32. The molecule has 0 radical (unpaired) electrons. The summed E-state index contributed by atoms with van der Waals surface area (Å²) in [6, 6.07) is 13.7. The molecule has 1 aliphatic rings. The Morgan fingerprint density at radius 1 is 1.11 bits per heavy atom. The number of nitrogens with one attached hydrogen (secondary N) is 2. The van der Waals surface area contributed by atoms with Crippen LogP contribution < -0.4 is 10.9 Å². The largest absolute Gasteiger partial charge is 0.478 e. The molecule has 5 rings (SSSR count). The van der Waals surface area contributed by atoms with Gasteiger partial charge < -0.3 is 10.4 Å². The van der Waals surface area contributed by atoms with E-state index in [4.69, 9.17) is 5.11 Å². The zero-order valence-corrected chi connectivity index (χ0v) is 14.5. The Bertz CT molecular complexity index is 1330. The SMILES string of the molecule is O=C1CC(c2ccc(C(=O)O)cc2)c2c(n3c(nc4ccccc43)[nH]c2=O)N1. The van der Waals surface area contributed by atoms with Gasteiger partial charge in [0.15, 0.2) is 0 Å². The minimum absolute atomic E-state index is 0.0979. The number of carbonyl (C=O) groups excluding carboxylic acids is 1. The molecule has 0 aliphatic carbocycles. The molecule has 4 aromatic rings. The number of nitrogens with zero attached hydrogens (tertiary/aromatic N) is 2. The van der Waals surface area contributed by atoms with Crippen LogP contribution in [0.25, 0.3) is 16.8 Å². The van der Waals surface area contributed by atoms with Crippen LogP contribution in [-0.2, 0) is 4.79 Å². The highest BCUT2D eigenvalue weighted by Crippen LogP contribution is 2.36. The molecule has 1 aliphatic heterocycles. The number of hydrogen-bond acceptors (Lipinski definition) is 4. The Kier molecular flexibility index (Phi) is 3.35. The Morgan fingerprint density at radius 3 is 2.61 bits per heavy atom. The third-order valence-corrected chi connectivity index (χ3v) is 5.07. The molecule has 0 saturated carbocycles.